The second kappa shape index (κ2) is 23.2. The zero-order valence-electron chi connectivity index (χ0n) is 40.0. The Labute approximate surface area is 418 Å². The standard InChI is InChI=1S/C59H56FN3O9/c1-59(2,49-29-17-18-34-61-49)62-55(64)51(63-56(65)46-27-15-16-28-47(46)57(63)66)50(60)44-30-32-45(33-31-44)71-58-54(70-38-43-25-13-6-14-26-43)53(69-37-42-23-11-5-12-24-42)52(68-36-41-21-9-4-10-22-41)48(72-58)39-67-35-40-19-7-3-8-20-40/h3-34,48,50-54,58H,35-39H2,1-2H3,(H,62,64)/t48-,50-,51-,52-,53+,54-,58+/m0/s1. The monoisotopic (exact) mass is 969 g/mol. The molecular formula is C59H56FN3O9. The first kappa shape index (κ1) is 49.6. The second-order valence-electron chi connectivity index (χ2n) is 18.2. The Morgan fingerprint density at radius 2 is 1.08 bits per heavy atom. The SMILES string of the molecule is CC(C)(NC(=O)[C@H]([C@@H](F)c1ccc(O[C@@H]2O[C@@H](COCc3ccccc3)[C@H](OCc3ccccc3)[C@@H](OCc3ccccc3)[C@@H]2OCc2ccccc2)cc1)N1C(=O)c2ccccc2C1=O)c1ccccn1. The van der Waals surface area contributed by atoms with E-state index in [1.54, 1.807) is 62.5 Å². The summed E-state index contributed by atoms with van der Waals surface area (Å²) in [5, 5.41) is 2.86. The number of nitrogens with zero attached hydrogens (tertiary/aromatic N) is 2. The van der Waals surface area contributed by atoms with Crippen LogP contribution >= 0.6 is 0 Å². The summed E-state index contributed by atoms with van der Waals surface area (Å²) in [4.78, 5) is 47.3. The lowest BCUT2D eigenvalue weighted by molar-refractivity contribution is -0.310. The van der Waals surface area contributed by atoms with Gasteiger partial charge >= 0.3 is 0 Å². The lowest BCUT2D eigenvalue weighted by atomic mass is 9.96. The Kier molecular flexibility index (Phi) is 16.0. The molecule has 0 bridgehead atoms. The van der Waals surface area contributed by atoms with E-state index >= 15 is 4.39 Å². The average molecular weight is 970 g/mol. The van der Waals surface area contributed by atoms with Crippen molar-refractivity contribution in [1.29, 1.82) is 0 Å². The van der Waals surface area contributed by atoms with Gasteiger partial charge in [0.1, 0.15) is 30.2 Å². The molecular weight excluding hydrogens is 914 g/mol. The normalized spacial score (nSPS) is 19.6. The molecule has 368 valence electrons. The third-order valence-corrected chi connectivity index (χ3v) is 12.7. The highest BCUT2D eigenvalue weighted by Gasteiger charge is 2.51. The van der Waals surface area contributed by atoms with Gasteiger partial charge < -0.3 is 33.7 Å². The predicted octanol–water partition coefficient (Wildman–Crippen LogP) is 9.89. The summed E-state index contributed by atoms with van der Waals surface area (Å²) in [5.41, 5.74) is 3.35. The maximum atomic E-state index is 17.4. The van der Waals surface area contributed by atoms with Gasteiger partial charge in [-0.05, 0) is 78.1 Å². The van der Waals surface area contributed by atoms with Gasteiger partial charge in [0.25, 0.3) is 11.8 Å². The zero-order chi connectivity index (χ0) is 49.9. The molecule has 7 atom stereocenters. The molecule has 1 N–H and O–H groups in total. The maximum absolute atomic E-state index is 17.4. The van der Waals surface area contributed by atoms with E-state index in [4.69, 9.17) is 28.4 Å². The van der Waals surface area contributed by atoms with Crippen LogP contribution in [0.3, 0.4) is 0 Å². The highest BCUT2D eigenvalue weighted by Crippen LogP contribution is 2.36. The van der Waals surface area contributed by atoms with Gasteiger partial charge in [0, 0.05) is 6.20 Å². The predicted molar refractivity (Wildman–Crippen MR) is 267 cm³/mol. The van der Waals surface area contributed by atoms with Crippen LogP contribution in [0, 0.1) is 0 Å². The molecule has 9 rings (SSSR count). The lowest BCUT2D eigenvalue weighted by Gasteiger charge is -2.45. The van der Waals surface area contributed by atoms with Crippen LogP contribution in [-0.4, -0.2) is 71.0 Å². The Morgan fingerprint density at radius 3 is 1.60 bits per heavy atom. The van der Waals surface area contributed by atoms with Crippen LogP contribution in [0.5, 0.6) is 5.75 Å². The molecule has 3 heterocycles. The van der Waals surface area contributed by atoms with Crippen LogP contribution in [0.4, 0.5) is 4.39 Å². The molecule has 2 aliphatic heterocycles. The number of aromatic nitrogens is 1. The number of halogens is 1. The molecule has 7 aromatic rings. The van der Waals surface area contributed by atoms with Gasteiger partial charge in [0.05, 0.1) is 55.4 Å². The molecule has 72 heavy (non-hydrogen) atoms. The number of hydrogen-bond donors (Lipinski definition) is 1. The first-order valence-electron chi connectivity index (χ1n) is 24.0. The summed E-state index contributed by atoms with van der Waals surface area (Å²) in [5.74, 6) is -2.16. The van der Waals surface area contributed by atoms with Crippen LogP contribution in [0.2, 0.25) is 0 Å². The highest BCUT2D eigenvalue weighted by atomic mass is 19.1. The summed E-state index contributed by atoms with van der Waals surface area (Å²) in [6.45, 7) is 4.49. The van der Waals surface area contributed by atoms with Crippen molar-refractivity contribution >= 4 is 17.7 Å². The van der Waals surface area contributed by atoms with E-state index in [0.29, 0.717) is 17.2 Å². The van der Waals surface area contributed by atoms with E-state index in [1.807, 2.05) is 121 Å². The molecule has 12 nitrogen and oxygen atoms in total. The van der Waals surface area contributed by atoms with Crippen molar-refractivity contribution in [2.45, 2.75) is 88.7 Å². The number of ether oxygens (including phenoxy) is 6. The van der Waals surface area contributed by atoms with Crippen molar-refractivity contribution in [3.8, 4) is 5.75 Å². The molecule has 0 unspecified atom stereocenters. The number of nitrogens with one attached hydrogen (secondary N) is 1. The fourth-order valence-corrected chi connectivity index (χ4v) is 8.91. The third kappa shape index (κ3) is 11.9. The first-order valence-corrected chi connectivity index (χ1v) is 24.0. The van der Waals surface area contributed by atoms with Crippen LogP contribution < -0.4 is 10.1 Å². The number of fused-ring (bicyclic) bond motifs is 1. The molecule has 1 fully saturated rings. The number of benzene rings is 6. The molecule has 0 spiro atoms. The van der Waals surface area contributed by atoms with E-state index in [9.17, 15) is 14.4 Å². The van der Waals surface area contributed by atoms with Crippen molar-refractivity contribution in [3.63, 3.8) is 0 Å². The van der Waals surface area contributed by atoms with Gasteiger partial charge in [0.2, 0.25) is 12.2 Å². The van der Waals surface area contributed by atoms with Gasteiger partial charge in [0.15, 0.2) is 12.2 Å². The van der Waals surface area contributed by atoms with Crippen molar-refractivity contribution in [2.24, 2.45) is 0 Å². The van der Waals surface area contributed by atoms with Gasteiger partial charge in [-0.1, -0.05) is 152 Å². The molecule has 0 aliphatic carbocycles. The minimum atomic E-state index is -2.17. The minimum Gasteiger partial charge on any atom is -0.462 e. The number of rotatable bonds is 21. The smallest absolute Gasteiger partial charge is 0.262 e. The molecule has 1 aromatic heterocycles. The van der Waals surface area contributed by atoms with E-state index in [-0.39, 0.29) is 48.9 Å². The fraction of sp³-hybridized carbons (Fsp3) is 0.254. The quantitative estimate of drug-likeness (QED) is 0.0694. The van der Waals surface area contributed by atoms with Crippen molar-refractivity contribution in [2.75, 3.05) is 6.61 Å². The largest absolute Gasteiger partial charge is 0.462 e. The Bertz CT molecular complexity index is 2830. The van der Waals surface area contributed by atoms with Crippen LogP contribution in [-0.2, 0) is 60.4 Å². The van der Waals surface area contributed by atoms with Crippen molar-refractivity contribution in [3.05, 3.63) is 239 Å². The first-order chi connectivity index (χ1) is 35.1. The molecule has 2 aliphatic rings. The molecule has 0 radical (unpaired) electrons. The summed E-state index contributed by atoms with van der Waals surface area (Å²) in [6.07, 6.45) is -4.81. The summed E-state index contributed by atoms with van der Waals surface area (Å²) in [7, 11) is 0. The van der Waals surface area contributed by atoms with E-state index in [2.05, 4.69) is 10.3 Å². The minimum absolute atomic E-state index is 0.0155. The number of alkyl halides is 1. The van der Waals surface area contributed by atoms with Crippen molar-refractivity contribution in [1.82, 2.24) is 15.2 Å². The second-order valence-corrected chi connectivity index (χ2v) is 18.2. The Morgan fingerprint density at radius 1 is 0.611 bits per heavy atom. The van der Waals surface area contributed by atoms with Gasteiger partial charge in [-0.25, -0.2) is 4.39 Å². The fourth-order valence-electron chi connectivity index (χ4n) is 8.91. The molecule has 1 saturated heterocycles. The summed E-state index contributed by atoms with van der Waals surface area (Å²) < 4.78 is 57.8. The zero-order valence-corrected chi connectivity index (χ0v) is 40.0. The summed E-state index contributed by atoms with van der Waals surface area (Å²) >= 11 is 0. The van der Waals surface area contributed by atoms with Gasteiger partial charge in [-0.3, -0.25) is 24.3 Å². The topological polar surface area (TPSA) is 135 Å². The summed E-state index contributed by atoms with van der Waals surface area (Å²) in [6, 6.07) is 54.7. The number of amides is 3. The molecule has 13 heteroatoms. The maximum Gasteiger partial charge on any atom is 0.262 e. The number of pyridine rings is 1. The third-order valence-electron chi connectivity index (χ3n) is 12.7. The molecule has 6 aromatic carbocycles. The van der Waals surface area contributed by atoms with E-state index in [0.717, 1.165) is 22.3 Å². The lowest BCUT2D eigenvalue weighted by Crippen LogP contribution is -2.62. The number of carbonyl (C=O) groups is 3. The number of hydrogen-bond acceptors (Lipinski definition) is 10. The van der Waals surface area contributed by atoms with Crippen LogP contribution in [0.1, 0.15) is 74.2 Å². The van der Waals surface area contributed by atoms with Gasteiger partial charge in [-0.15, -0.1) is 0 Å². The Hall–Kier alpha value is -7.39. The van der Waals surface area contributed by atoms with Crippen molar-refractivity contribution < 1.29 is 47.2 Å². The van der Waals surface area contributed by atoms with E-state index < -0.39 is 66.2 Å². The number of imide groups is 1. The average Bonchev–Trinajstić information content (AvgIpc) is 3.66. The van der Waals surface area contributed by atoms with Crippen LogP contribution in [0.25, 0.3) is 0 Å². The van der Waals surface area contributed by atoms with Gasteiger partial charge in [-0.2, -0.15) is 0 Å². The van der Waals surface area contributed by atoms with Crippen LogP contribution in [0.15, 0.2) is 194 Å². The van der Waals surface area contributed by atoms with E-state index in [1.165, 1.54) is 24.3 Å². The number of carbonyl (C=O) groups excluding carboxylic acids is 3. The molecule has 0 saturated carbocycles. The molecule has 3 amide bonds. The highest BCUT2D eigenvalue weighted by molar-refractivity contribution is 6.23. The Balaban J connectivity index is 1.03.